The zero-order valence-corrected chi connectivity index (χ0v) is 14.5. The Morgan fingerprint density at radius 3 is 2.29 bits per heavy atom. The van der Waals surface area contributed by atoms with Gasteiger partial charge in [0, 0.05) is 26.2 Å². The Labute approximate surface area is 141 Å². The van der Waals surface area contributed by atoms with Gasteiger partial charge in [-0.1, -0.05) is 6.07 Å². The van der Waals surface area contributed by atoms with Gasteiger partial charge < -0.3 is 19.3 Å². The topological polar surface area (TPSA) is 59.1 Å². The summed E-state index contributed by atoms with van der Waals surface area (Å²) in [5.41, 5.74) is -0.305. The van der Waals surface area contributed by atoms with E-state index in [1.54, 1.807) is 17.0 Å². The number of nitrogens with zero attached hydrogens (tertiary/aromatic N) is 2. The smallest absolute Gasteiger partial charge is 0.410 e. The van der Waals surface area contributed by atoms with Crippen LogP contribution in [-0.4, -0.2) is 55.9 Å². The van der Waals surface area contributed by atoms with Crippen LogP contribution in [-0.2, 0) is 9.47 Å². The van der Waals surface area contributed by atoms with Gasteiger partial charge in [-0.25, -0.2) is 14.0 Å². The van der Waals surface area contributed by atoms with E-state index < -0.39 is 17.4 Å². The van der Waals surface area contributed by atoms with Crippen molar-refractivity contribution in [2.24, 2.45) is 0 Å². The summed E-state index contributed by atoms with van der Waals surface area (Å²) in [5.74, 6) is -1.31. The molecule has 2 rings (SSSR count). The van der Waals surface area contributed by atoms with Crippen LogP contribution in [0.15, 0.2) is 18.2 Å². The summed E-state index contributed by atoms with van der Waals surface area (Å²) in [5, 5.41) is 0. The van der Waals surface area contributed by atoms with E-state index in [2.05, 4.69) is 4.74 Å². The Kier molecular flexibility index (Phi) is 5.31. The van der Waals surface area contributed by atoms with E-state index in [9.17, 15) is 14.0 Å². The number of carbonyl (C=O) groups is 2. The van der Waals surface area contributed by atoms with Crippen LogP contribution in [0.5, 0.6) is 0 Å². The first kappa shape index (κ1) is 18.0. The highest BCUT2D eigenvalue weighted by Gasteiger charge is 2.27. The number of methoxy groups -OCH3 is 1. The molecule has 1 fully saturated rings. The summed E-state index contributed by atoms with van der Waals surface area (Å²) in [4.78, 5) is 27.1. The second kappa shape index (κ2) is 7.07. The number of carbonyl (C=O) groups excluding carboxylic acids is 2. The Balaban J connectivity index is 2.05. The summed E-state index contributed by atoms with van der Waals surface area (Å²) in [6.07, 6.45) is -0.370. The number of rotatable bonds is 2. The van der Waals surface area contributed by atoms with Crippen molar-refractivity contribution >= 4 is 17.7 Å². The van der Waals surface area contributed by atoms with Gasteiger partial charge in [0.25, 0.3) is 0 Å². The van der Waals surface area contributed by atoms with E-state index in [0.29, 0.717) is 31.9 Å². The van der Waals surface area contributed by atoms with Gasteiger partial charge in [-0.2, -0.15) is 0 Å². The number of ether oxygens (including phenoxy) is 2. The maximum Gasteiger partial charge on any atom is 0.410 e. The Hall–Kier alpha value is -2.31. The van der Waals surface area contributed by atoms with Crippen LogP contribution in [0.25, 0.3) is 0 Å². The third kappa shape index (κ3) is 4.15. The van der Waals surface area contributed by atoms with E-state index in [1.807, 2.05) is 25.7 Å². The van der Waals surface area contributed by atoms with Gasteiger partial charge in [0.1, 0.15) is 5.60 Å². The lowest BCUT2D eigenvalue weighted by Crippen LogP contribution is -2.50. The number of esters is 1. The lowest BCUT2D eigenvalue weighted by molar-refractivity contribution is 0.0240. The van der Waals surface area contributed by atoms with E-state index in [0.717, 1.165) is 0 Å². The van der Waals surface area contributed by atoms with Crippen LogP contribution in [0.3, 0.4) is 0 Å². The molecule has 7 heteroatoms. The van der Waals surface area contributed by atoms with Gasteiger partial charge in [-0.05, 0) is 32.9 Å². The molecule has 0 aromatic heterocycles. The molecule has 0 unspecified atom stereocenters. The molecule has 0 saturated carbocycles. The van der Waals surface area contributed by atoms with Crippen molar-refractivity contribution in [1.29, 1.82) is 0 Å². The monoisotopic (exact) mass is 338 g/mol. The van der Waals surface area contributed by atoms with Crippen molar-refractivity contribution in [3.8, 4) is 0 Å². The van der Waals surface area contributed by atoms with Gasteiger partial charge in [0.2, 0.25) is 0 Å². The van der Waals surface area contributed by atoms with Crippen molar-refractivity contribution < 1.29 is 23.5 Å². The third-order valence-electron chi connectivity index (χ3n) is 3.66. The van der Waals surface area contributed by atoms with Crippen LogP contribution in [0.4, 0.5) is 14.9 Å². The molecule has 1 amide bonds. The SMILES string of the molecule is COC(=O)c1cccc(N2CCN(C(=O)OC(C)(C)C)CC2)c1F. The second-order valence-corrected chi connectivity index (χ2v) is 6.58. The zero-order valence-electron chi connectivity index (χ0n) is 14.5. The molecule has 6 nitrogen and oxygen atoms in total. The first-order valence-electron chi connectivity index (χ1n) is 7.82. The quantitative estimate of drug-likeness (QED) is 0.776. The zero-order chi connectivity index (χ0) is 17.9. The largest absolute Gasteiger partial charge is 0.465 e. The molecule has 1 aromatic carbocycles. The van der Waals surface area contributed by atoms with Gasteiger partial charge in [0.05, 0.1) is 18.4 Å². The Morgan fingerprint density at radius 1 is 1.12 bits per heavy atom. The maximum absolute atomic E-state index is 14.5. The van der Waals surface area contributed by atoms with Gasteiger partial charge in [-0.3, -0.25) is 0 Å². The highest BCUT2D eigenvalue weighted by atomic mass is 19.1. The molecule has 1 aliphatic heterocycles. The Bertz CT molecular complexity index is 620. The molecular weight excluding hydrogens is 315 g/mol. The number of halogens is 1. The molecule has 1 saturated heterocycles. The number of amides is 1. The van der Waals surface area contributed by atoms with Crippen molar-refractivity contribution in [2.75, 3.05) is 38.2 Å². The number of benzene rings is 1. The van der Waals surface area contributed by atoms with Gasteiger partial charge in [0.15, 0.2) is 5.82 Å². The molecule has 1 aromatic rings. The summed E-state index contributed by atoms with van der Waals surface area (Å²) >= 11 is 0. The van der Waals surface area contributed by atoms with Crippen LogP contribution < -0.4 is 4.90 Å². The first-order valence-corrected chi connectivity index (χ1v) is 7.82. The molecule has 24 heavy (non-hydrogen) atoms. The molecule has 1 heterocycles. The summed E-state index contributed by atoms with van der Waals surface area (Å²) in [7, 11) is 1.22. The van der Waals surface area contributed by atoms with E-state index in [1.165, 1.54) is 13.2 Å². The summed E-state index contributed by atoms with van der Waals surface area (Å²) < 4.78 is 24.5. The standard InChI is InChI=1S/C17H23FN2O4/c1-17(2,3)24-16(22)20-10-8-19(9-11-20)13-7-5-6-12(14(13)18)15(21)23-4/h5-7H,8-11H2,1-4H3. The highest BCUT2D eigenvalue weighted by molar-refractivity contribution is 5.91. The molecule has 0 aliphatic carbocycles. The predicted octanol–water partition coefficient (Wildman–Crippen LogP) is 2.67. The van der Waals surface area contributed by atoms with E-state index >= 15 is 0 Å². The number of hydrogen-bond acceptors (Lipinski definition) is 5. The molecule has 0 bridgehead atoms. The first-order chi connectivity index (χ1) is 11.2. The molecule has 0 atom stereocenters. The minimum atomic E-state index is -0.707. The maximum atomic E-state index is 14.5. The van der Waals surface area contributed by atoms with Crippen LogP contribution in [0.1, 0.15) is 31.1 Å². The fraction of sp³-hybridized carbons (Fsp3) is 0.529. The molecule has 0 N–H and O–H groups in total. The molecule has 0 radical (unpaired) electrons. The summed E-state index contributed by atoms with van der Waals surface area (Å²) in [6.45, 7) is 7.22. The number of hydrogen-bond donors (Lipinski definition) is 0. The predicted molar refractivity (Wildman–Crippen MR) is 87.8 cm³/mol. The van der Waals surface area contributed by atoms with Crippen molar-refractivity contribution in [3.63, 3.8) is 0 Å². The van der Waals surface area contributed by atoms with E-state index in [-0.39, 0.29) is 11.7 Å². The number of piperazine rings is 1. The van der Waals surface area contributed by atoms with E-state index in [4.69, 9.17) is 4.74 Å². The number of anilines is 1. The van der Waals surface area contributed by atoms with Crippen LogP contribution in [0, 0.1) is 5.82 Å². The highest BCUT2D eigenvalue weighted by Crippen LogP contribution is 2.24. The Morgan fingerprint density at radius 2 is 1.75 bits per heavy atom. The lowest BCUT2D eigenvalue weighted by atomic mass is 10.1. The minimum absolute atomic E-state index is 0.0930. The molecule has 0 spiro atoms. The molecule has 132 valence electrons. The third-order valence-corrected chi connectivity index (χ3v) is 3.66. The van der Waals surface area contributed by atoms with Crippen molar-refractivity contribution in [3.05, 3.63) is 29.6 Å². The normalized spacial score (nSPS) is 15.2. The van der Waals surface area contributed by atoms with Gasteiger partial charge >= 0.3 is 12.1 Å². The van der Waals surface area contributed by atoms with Gasteiger partial charge in [-0.15, -0.1) is 0 Å². The second-order valence-electron chi connectivity index (χ2n) is 6.58. The fourth-order valence-electron chi connectivity index (χ4n) is 2.49. The molecular formula is C17H23FN2O4. The van der Waals surface area contributed by atoms with Crippen molar-refractivity contribution in [1.82, 2.24) is 4.90 Å². The van der Waals surface area contributed by atoms with Crippen molar-refractivity contribution in [2.45, 2.75) is 26.4 Å². The summed E-state index contributed by atoms with van der Waals surface area (Å²) in [6, 6.07) is 4.62. The van der Waals surface area contributed by atoms with Crippen LogP contribution in [0.2, 0.25) is 0 Å². The fourth-order valence-corrected chi connectivity index (χ4v) is 2.49. The minimum Gasteiger partial charge on any atom is -0.465 e. The average Bonchev–Trinajstić information content (AvgIpc) is 2.53. The van der Waals surface area contributed by atoms with Crippen LogP contribution >= 0.6 is 0 Å². The average molecular weight is 338 g/mol. The lowest BCUT2D eigenvalue weighted by Gasteiger charge is -2.37. The molecule has 1 aliphatic rings.